The number of hydrogen-bond donors (Lipinski definition) is 0. The highest BCUT2D eigenvalue weighted by atomic mass is 35.5. The van der Waals surface area contributed by atoms with E-state index in [1.165, 1.54) is 173 Å². The molecule has 0 saturated heterocycles. The van der Waals surface area contributed by atoms with E-state index in [1.54, 1.807) is 0 Å². The largest absolute Gasteiger partial charge is 1.00 e. The molecule has 0 aromatic heterocycles. The van der Waals surface area contributed by atoms with Crippen LogP contribution in [0.2, 0.25) is 0 Å². The summed E-state index contributed by atoms with van der Waals surface area (Å²) < 4.78 is 18.7. The fourth-order valence-electron chi connectivity index (χ4n) is 8.85. The number of nitrogens with zero attached hydrogens (tertiary/aromatic N) is 1. The Morgan fingerprint density at radius 1 is 0.338 bits per heavy atom. The van der Waals surface area contributed by atoms with Crippen molar-refractivity contribution < 1.29 is 45.5 Å². The maximum atomic E-state index is 13.2. The molecule has 0 radical (unpaired) electrons. The third kappa shape index (κ3) is 54.0. The first kappa shape index (κ1) is 71.0. The molecule has 0 amide bonds. The molecular weight excluding hydrogens is 902 g/mol. The molecular formula is C63H118ClNO6. The molecule has 0 N–H and O–H groups in total. The summed E-state index contributed by atoms with van der Waals surface area (Å²) in [6, 6.07) is 0. The second-order valence-electron chi connectivity index (χ2n) is 22.2. The Balaban J connectivity index is 0. The Hall–Kier alpha value is -2.12. The fourth-order valence-corrected chi connectivity index (χ4v) is 8.85. The zero-order valence-corrected chi connectivity index (χ0v) is 48.7. The summed E-state index contributed by atoms with van der Waals surface area (Å²) in [6.45, 7) is 7.76. The number of hydrogen-bond acceptors (Lipinski definition) is 6. The van der Waals surface area contributed by atoms with E-state index in [2.05, 4.69) is 78.4 Å². The van der Waals surface area contributed by atoms with Gasteiger partial charge in [0.15, 0.2) is 0 Å². The van der Waals surface area contributed by atoms with E-state index in [9.17, 15) is 14.4 Å². The highest BCUT2D eigenvalue weighted by Crippen LogP contribution is 2.27. The second-order valence-corrected chi connectivity index (χ2v) is 22.2. The van der Waals surface area contributed by atoms with Crippen molar-refractivity contribution in [3.8, 4) is 0 Å². The normalized spacial score (nSPS) is 12.1. The molecule has 0 saturated carbocycles. The monoisotopic (exact) mass is 1020 g/mol. The van der Waals surface area contributed by atoms with Crippen molar-refractivity contribution in [1.82, 2.24) is 0 Å². The van der Waals surface area contributed by atoms with E-state index in [0.29, 0.717) is 30.2 Å². The van der Waals surface area contributed by atoms with Gasteiger partial charge in [0, 0.05) is 25.7 Å². The molecule has 0 unspecified atom stereocenters. The lowest BCUT2D eigenvalue weighted by atomic mass is 9.86. The number of rotatable bonds is 54. The van der Waals surface area contributed by atoms with Crippen LogP contribution >= 0.6 is 0 Å². The van der Waals surface area contributed by atoms with Gasteiger partial charge in [0.25, 0.3) is 0 Å². The van der Waals surface area contributed by atoms with Gasteiger partial charge in [-0.15, -0.1) is 0 Å². The molecule has 0 atom stereocenters. The van der Waals surface area contributed by atoms with Gasteiger partial charge in [0.1, 0.15) is 19.8 Å². The molecule has 0 rings (SSSR count). The van der Waals surface area contributed by atoms with Crippen LogP contribution in [0.3, 0.4) is 0 Å². The van der Waals surface area contributed by atoms with Crippen LogP contribution in [0, 0.1) is 5.41 Å². The van der Waals surface area contributed by atoms with Gasteiger partial charge in [-0.2, -0.15) is 0 Å². The SMILES string of the molecule is CCCCCCCC/C=C\CCCCCCCC(=O)OCC(CC[N+](C)(C)C)(COC(=O)CCCCCCC/C=C\CCCCCCCC)COC(=O)CCCCCCC/C=C\CCCCCCCC.[Cl-]. The number of halogens is 1. The van der Waals surface area contributed by atoms with Crippen LogP contribution in [0.1, 0.15) is 297 Å². The van der Waals surface area contributed by atoms with Gasteiger partial charge in [-0.25, -0.2) is 0 Å². The molecule has 418 valence electrons. The van der Waals surface area contributed by atoms with Crippen molar-refractivity contribution in [2.75, 3.05) is 47.5 Å². The van der Waals surface area contributed by atoms with Crippen molar-refractivity contribution in [3.63, 3.8) is 0 Å². The van der Waals surface area contributed by atoms with Gasteiger partial charge in [-0.05, 0) is 96.3 Å². The van der Waals surface area contributed by atoms with Gasteiger partial charge in [0.2, 0.25) is 0 Å². The van der Waals surface area contributed by atoms with Crippen LogP contribution in [-0.2, 0) is 28.6 Å². The van der Waals surface area contributed by atoms with Crippen molar-refractivity contribution in [2.24, 2.45) is 5.41 Å². The van der Waals surface area contributed by atoms with Gasteiger partial charge in [-0.1, -0.05) is 211 Å². The predicted molar refractivity (Wildman–Crippen MR) is 301 cm³/mol. The van der Waals surface area contributed by atoms with Gasteiger partial charge in [0.05, 0.1) is 33.1 Å². The molecule has 71 heavy (non-hydrogen) atoms. The van der Waals surface area contributed by atoms with E-state index in [1.807, 2.05) is 0 Å². The van der Waals surface area contributed by atoms with Crippen LogP contribution in [0.25, 0.3) is 0 Å². The number of quaternary nitrogens is 1. The lowest BCUT2D eigenvalue weighted by Crippen LogP contribution is -3.00. The van der Waals surface area contributed by atoms with Gasteiger partial charge >= 0.3 is 17.9 Å². The molecule has 0 aliphatic carbocycles. The molecule has 0 aromatic carbocycles. The number of carbonyl (C=O) groups excluding carboxylic acids is 3. The minimum absolute atomic E-state index is 0. The molecule has 8 heteroatoms. The summed E-state index contributed by atoms with van der Waals surface area (Å²) in [5.41, 5.74) is -0.805. The lowest BCUT2D eigenvalue weighted by molar-refractivity contribution is -0.871. The van der Waals surface area contributed by atoms with Crippen molar-refractivity contribution in [2.45, 2.75) is 297 Å². The van der Waals surface area contributed by atoms with Gasteiger partial charge in [-0.3, -0.25) is 14.4 Å². The molecule has 0 bridgehead atoms. The zero-order chi connectivity index (χ0) is 51.3. The molecule has 0 fully saturated rings. The first-order chi connectivity index (χ1) is 34.1. The highest BCUT2D eigenvalue weighted by molar-refractivity contribution is 5.70. The Morgan fingerprint density at radius 2 is 0.549 bits per heavy atom. The summed E-state index contributed by atoms with van der Waals surface area (Å²) in [5, 5.41) is 0. The number of esters is 3. The molecule has 0 aliphatic rings. The summed E-state index contributed by atoms with van der Waals surface area (Å²) in [6.07, 6.45) is 62.9. The second kappa shape index (κ2) is 54.2. The van der Waals surface area contributed by atoms with E-state index in [-0.39, 0.29) is 50.1 Å². The number of carbonyl (C=O) groups is 3. The average molecular weight is 1020 g/mol. The van der Waals surface area contributed by atoms with E-state index in [4.69, 9.17) is 14.2 Å². The Morgan fingerprint density at radius 3 is 0.775 bits per heavy atom. The van der Waals surface area contributed by atoms with E-state index in [0.717, 1.165) is 83.6 Å². The average Bonchev–Trinajstić information content (AvgIpc) is 3.34. The summed E-state index contributed by atoms with van der Waals surface area (Å²) in [4.78, 5) is 39.5. The van der Waals surface area contributed by atoms with Gasteiger partial charge < -0.3 is 31.1 Å². The standard InChI is InChI=1S/C63H118NO6.ClH/c1-7-10-13-16-19-22-25-28-31-34-37-40-43-46-49-52-60(65)68-57-63(55-56-64(4,5)6,58-69-61(66)53-50-47-44-41-38-35-32-29-26-23-20-17-14-11-8-2)59-70-62(67)54-51-48-45-42-39-36-33-30-27-24-21-18-15-12-9-3;/h28-33H,7-27,34-59H2,1-6H3;1H/q+1;/p-1/b31-28-,32-29-,33-30-;. The fraction of sp³-hybridized carbons (Fsp3) is 0.857. The molecule has 0 heterocycles. The maximum Gasteiger partial charge on any atom is 0.305 e. The van der Waals surface area contributed by atoms with Crippen LogP contribution in [-0.4, -0.2) is 69.9 Å². The Kier molecular flexibility index (Phi) is 54.1. The first-order valence-electron chi connectivity index (χ1n) is 30.3. The number of unbranched alkanes of at least 4 members (excludes halogenated alkanes) is 33. The highest BCUT2D eigenvalue weighted by Gasteiger charge is 2.37. The molecule has 7 nitrogen and oxygen atoms in total. The summed E-state index contributed by atoms with van der Waals surface area (Å²) in [5.74, 6) is -0.690. The molecule has 0 aliphatic heterocycles. The maximum absolute atomic E-state index is 13.2. The minimum Gasteiger partial charge on any atom is -1.00 e. The minimum atomic E-state index is -0.805. The van der Waals surface area contributed by atoms with Crippen LogP contribution < -0.4 is 12.4 Å². The Labute approximate surface area is 447 Å². The molecule has 0 spiro atoms. The van der Waals surface area contributed by atoms with Crippen LogP contribution in [0.5, 0.6) is 0 Å². The van der Waals surface area contributed by atoms with Crippen molar-refractivity contribution in [3.05, 3.63) is 36.5 Å². The number of ether oxygens (including phenoxy) is 3. The van der Waals surface area contributed by atoms with E-state index >= 15 is 0 Å². The molecule has 0 aromatic rings. The summed E-state index contributed by atoms with van der Waals surface area (Å²) >= 11 is 0. The topological polar surface area (TPSA) is 78.9 Å². The lowest BCUT2D eigenvalue weighted by Gasteiger charge is -2.35. The summed E-state index contributed by atoms with van der Waals surface area (Å²) in [7, 11) is 6.38. The zero-order valence-electron chi connectivity index (χ0n) is 48.0. The quantitative estimate of drug-likeness (QED) is 0.0199. The third-order valence-corrected chi connectivity index (χ3v) is 13.9. The van der Waals surface area contributed by atoms with Crippen molar-refractivity contribution in [1.29, 1.82) is 0 Å². The van der Waals surface area contributed by atoms with Crippen LogP contribution in [0.15, 0.2) is 36.5 Å². The number of allylic oxidation sites excluding steroid dienone is 6. The predicted octanol–water partition coefficient (Wildman–Crippen LogP) is 15.8. The third-order valence-electron chi connectivity index (χ3n) is 13.9. The van der Waals surface area contributed by atoms with Crippen LogP contribution in [0.4, 0.5) is 0 Å². The van der Waals surface area contributed by atoms with Crippen molar-refractivity contribution >= 4 is 17.9 Å². The first-order valence-corrected chi connectivity index (χ1v) is 30.3. The smallest absolute Gasteiger partial charge is 0.305 e. The van der Waals surface area contributed by atoms with E-state index < -0.39 is 5.41 Å². The Bertz CT molecular complexity index is 1120.